The van der Waals surface area contributed by atoms with Crippen molar-refractivity contribution in [2.24, 2.45) is 0 Å². The minimum absolute atomic E-state index is 0.0742. The summed E-state index contributed by atoms with van der Waals surface area (Å²) in [6.07, 6.45) is 0. The predicted octanol–water partition coefficient (Wildman–Crippen LogP) is 14.7. The van der Waals surface area contributed by atoms with Crippen LogP contribution in [0.15, 0.2) is 212 Å². The van der Waals surface area contributed by atoms with E-state index in [1.54, 1.807) is 0 Å². The van der Waals surface area contributed by atoms with E-state index in [2.05, 4.69) is 220 Å². The fourth-order valence-electron chi connectivity index (χ4n) is 9.86. The second kappa shape index (κ2) is 13.0. The van der Waals surface area contributed by atoms with E-state index >= 15 is 0 Å². The van der Waals surface area contributed by atoms with Gasteiger partial charge >= 0.3 is 0 Å². The largest absolute Gasteiger partial charge is 0.0622 e. The summed E-state index contributed by atoms with van der Waals surface area (Å²) in [5, 5.41) is 0. The van der Waals surface area contributed by atoms with Gasteiger partial charge in [-0.25, -0.2) is 0 Å². The summed E-state index contributed by atoms with van der Waals surface area (Å²) in [6.45, 7) is 4.74. The van der Waals surface area contributed by atoms with Gasteiger partial charge in [0, 0.05) is 5.41 Å². The fourth-order valence-corrected chi connectivity index (χ4v) is 9.86. The molecule has 8 aromatic rings. The number of hydrogen-bond donors (Lipinski definition) is 0. The van der Waals surface area contributed by atoms with E-state index in [1.807, 2.05) is 0 Å². The Morgan fingerprint density at radius 2 is 0.614 bits per heavy atom. The van der Waals surface area contributed by atoms with E-state index < -0.39 is 0 Å². The van der Waals surface area contributed by atoms with Gasteiger partial charge in [-0.05, 0) is 130 Å². The van der Waals surface area contributed by atoms with Crippen LogP contribution in [0.25, 0.3) is 61.2 Å². The highest BCUT2D eigenvalue weighted by Gasteiger charge is 2.42. The van der Waals surface area contributed by atoms with Crippen molar-refractivity contribution in [3.05, 3.63) is 256 Å². The van der Waals surface area contributed by atoms with Gasteiger partial charge in [0.2, 0.25) is 0 Å². The third kappa shape index (κ3) is 5.14. The van der Waals surface area contributed by atoms with Crippen LogP contribution in [0.5, 0.6) is 0 Å². The molecule has 0 amide bonds. The number of rotatable bonds is 6. The van der Waals surface area contributed by atoms with E-state index in [1.165, 1.54) is 111 Å². The molecule has 0 aromatic heterocycles. The fraction of sp³-hybridized carbons (Fsp3) is 0.0526. The van der Waals surface area contributed by atoms with Crippen molar-refractivity contribution in [1.82, 2.24) is 0 Å². The van der Waals surface area contributed by atoms with Gasteiger partial charge in [-0.15, -0.1) is 0 Å². The zero-order chi connectivity index (χ0) is 38.1. The van der Waals surface area contributed by atoms with Gasteiger partial charge in [-0.1, -0.05) is 202 Å². The number of hydrogen-bond acceptors (Lipinski definition) is 0. The monoisotopic (exact) mass is 724 g/mol. The molecule has 0 bridgehead atoms. The van der Waals surface area contributed by atoms with Crippen LogP contribution in [0.1, 0.15) is 58.4 Å². The highest BCUT2D eigenvalue weighted by molar-refractivity contribution is 6.39. The molecule has 0 fully saturated rings. The van der Waals surface area contributed by atoms with E-state index in [0.717, 1.165) is 0 Å². The van der Waals surface area contributed by atoms with Crippen LogP contribution in [0.2, 0.25) is 0 Å². The molecular formula is C57H40. The average Bonchev–Trinajstić information content (AvgIpc) is 3.87. The van der Waals surface area contributed by atoms with Crippen molar-refractivity contribution >= 4 is 27.9 Å². The summed E-state index contributed by atoms with van der Waals surface area (Å²) in [7, 11) is 0. The topological polar surface area (TPSA) is 0 Å². The van der Waals surface area contributed by atoms with Gasteiger partial charge in [0.1, 0.15) is 0 Å². The van der Waals surface area contributed by atoms with Crippen LogP contribution in [0, 0.1) is 0 Å². The molecule has 3 aliphatic rings. The van der Waals surface area contributed by atoms with Gasteiger partial charge in [0.05, 0.1) is 0 Å². The molecule has 3 aliphatic carbocycles. The maximum absolute atomic E-state index is 2.50. The van der Waals surface area contributed by atoms with Crippen LogP contribution in [0.3, 0.4) is 0 Å². The van der Waals surface area contributed by atoms with Crippen molar-refractivity contribution in [2.45, 2.75) is 19.3 Å². The first-order valence-corrected chi connectivity index (χ1v) is 20.0. The first-order valence-electron chi connectivity index (χ1n) is 20.0. The third-order valence-corrected chi connectivity index (χ3v) is 12.4. The van der Waals surface area contributed by atoms with Crippen molar-refractivity contribution in [2.75, 3.05) is 0 Å². The van der Waals surface area contributed by atoms with Crippen molar-refractivity contribution < 1.29 is 0 Å². The van der Waals surface area contributed by atoms with E-state index in [4.69, 9.17) is 0 Å². The SMILES string of the molecule is CC1(C)c2ccccc2-c2cc(C3=C4C(=C(c5ccccc5)c5cc(-c6ccccc6)c(-c6ccccc6)cc54)C(c4ccccc4)=C3c3ccccc3)ccc21. The molecule has 268 valence electrons. The van der Waals surface area contributed by atoms with Crippen molar-refractivity contribution in [1.29, 1.82) is 0 Å². The molecule has 0 spiro atoms. The Labute approximate surface area is 335 Å². The van der Waals surface area contributed by atoms with Crippen molar-refractivity contribution in [3.63, 3.8) is 0 Å². The van der Waals surface area contributed by atoms with E-state index in [-0.39, 0.29) is 5.41 Å². The lowest BCUT2D eigenvalue weighted by atomic mass is 9.81. The molecule has 8 aromatic carbocycles. The zero-order valence-corrected chi connectivity index (χ0v) is 32.1. The van der Waals surface area contributed by atoms with Crippen LogP contribution in [-0.2, 0) is 5.41 Å². The molecule has 57 heavy (non-hydrogen) atoms. The predicted molar refractivity (Wildman–Crippen MR) is 240 cm³/mol. The van der Waals surface area contributed by atoms with Gasteiger partial charge < -0.3 is 0 Å². The smallest absolute Gasteiger partial charge is 0.0158 e. The summed E-state index contributed by atoms with van der Waals surface area (Å²) in [6, 6.07) is 76.4. The summed E-state index contributed by atoms with van der Waals surface area (Å²) < 4.78 is 0. The van der Waals surface area contributed by atoms with Gasteiger partial charge in [-0.2, -0.15) is 0 Å². The third-order valence-electron chi connectivity index (χ3n) is 12.4. The standard InChI is InChI=1S/C57H40/c1-57(2)49-31-19-18-30-43(49)46-34-42(32-33-50(46)57)54-52(40-26-14-6-15-27-40)53(41-28-16-7-17-29-41)56-51(39-24-12-5-13-25-39)47-35-44(37-20-8-3-9-21-37)45(36-48(47)55(54)56)38-22-10-4-11-23-38/h3-36H,1-2H3. The molecule has 0 aliphatic heterocycles. The summed E-state index contributed by atoms with van der Waals surface area (Å²) in [5.74, 6) is 0. The first-order chi connectivity index (χ1) is 28.1. The highest BCUT2D eigenvalue weighted by Crippen LogP contribution is 2.63. The van der Waals surface area contributed by atoms with E-state index in [9.17, 15) is 0 Å². The number of benzene rings is 8. The van der Waals surface area contributed by atoms with Crippen LogP contribution < -0.4 is 0 Å². The lowest BCUT2D eigenvalue weighted by Gasteiger charge is -2.22. The lowest BCUT2D eigenvalue weighted by Crippen LogP contribution is -2.14. The highest BCUT2D eigenvalue weighted by atomic mass is 14.4. The Morgan fingerprint density at radius 3 is 1.14 bits per heavy atom. The van der Waals surface area contributed by atoms with Crippen LogP contribution in [0.4, 0.5) is 0 Å². The van der Waals surface area contributed by atoms with Crippen LogP contribution >= 0.6 is 0 Å². The molecule has 11 rings (SSSR count). The minimum Gasteiger partial charge on any atom is -0.0622 e. The van der Waals surface area contributed by atoms with Crippen LogP contribution in [-0.4, -0.2) is 0 Å². The maximum atomic E-state index is 2.50. The Kier molecular flexibility index (Phi) is 7.63. The molecule has 0 heteroatoms. The van der Waals surface area contributed by atoms with Gasteiger partial charge in [0.25, 0.3) is 0 Å². The first kappa shape index (κ1) is 33.3. The Balaban J connectivity index is 1.31. The molecule has 0 saturated carbocycles. The molecule has 0 N–H and O–H groups in total. The van der Waals surface area contributed by atoms with Gasteiger partial charge in [0.15, 0.2) is 0 Å². The molecule has 0 unspecified atom stereocenters. The number of fused-ring (bicyclic) bond motifs is 6. The minimum atomic E-state index is -0.0742. The molecule has 0 nitrogen and oxygen atoms in total. The Hall–Kier alpha value is -7.02. The van der Waals surface area contributed by atoms with Crippen molar-refractivity contribution in [3.8, 4) is 33.4 Å². The average molecular weight is 725 g/mol. The Bertz CT molecular complexity index is 2960. The molecule has 0 saturated heterocycles. The second-order valence-corrected chi connectivity index (χ2v) is 16.0. The number of allylic oxidation sites excluding steroid dienone is 5. The molecule has 0 atom stereocenters. The summed E-state index contributed by atoms with van der Waals surface area (Å²) in [4.78, 5) is 0. The molecule has 0 heterocycles. The van der Waals surface area contributed by atoms with Gasteiger partial charge in [-0.3, -0.25) is 0 Å². The quantitative estimate of drug-likeness (QED) is 0.160. The van der Waals surface area contributed by atoms with E-state index in [0.29, 0.717) is 0 Å². The normalized spacial score (nSPS) is 14.8. The summed E-state index contributed by atoms with van der Waals surface area (Å²) >= 11 is 0. The Morgan fingerprint density at radius 1 is 0.228 bits per heavy atom. The second-order valence-electron chi connectivity index (χ2n) is 16.0. The zero-order valence-electron chi connectivity index (χ0n) is 32.1. The molecular weight excluding hydrogens is 685 g/mol. The summed E-state index contributed by atoms with van der Waals surface area (Å²) in [5.41, 5.74) is 25.5. The maximum Gasteiger partial charge on any atom is 0.0158 e. The molecule has 0 radical (unpaired) electrons. The lowest BCUT2D eigenvalue weighted by molar-refractivity contribution is 0.660.